The van der Waals surface area contributed by atoms with Crippen molar-refractivity contribution in [2.75, 3.05) is 5.73 Å². The molecule has 0 bridgehead atoms. The van der Waals surface area contributed by atoms with Crippen LogP contribution in [0.1, 0.15) is 17.2 Å². The third-order valence-corrected chi connectivity index (χ3v) is 2.98. The van der Waals surface area contributed by atoms with Crippen LogP contribution in [-0.2, 0) is 0 Å². The number of nitrogen functional groups attached to an aromatic ring is 1. The van der Waals surface area contributed by atoms with Crippen molar-refractivity contribution in [1.29, 1.82) is 0 Å². The van der Waals surface area contributed by atoms with Gasteiger partial charge < -0.3 is 11.5 Å². The van der Waals surface area contributed by atoms with E-state index in [2.05, 4.69) is 12.1 Å². The largest absolute Gasteiger partial charge is 0.398 e. The van der Waals surface area contributed by atoms with E-state index in [1.165, 1.54) is 10.9 Å². The van der Waals surface area contributed by atoms with E-state index in [-0.39, 0.29) is 6.04 Å². The van der Waals surface area contributed by atoms with Crippen LogP contribution in [0.5, 0.6) is 0 Å². The summed E-state index contributed by atoms with van der Waals surface area (Å²) in [5.74, 6) is 0. The Kier molecular flexibility index (Phi) is 1.61. The molecule has 4 N–H and O–H groups in total. The first kappa shape index (κ1) is 8.50. The Balaban J connectivity index is 2.53. The Hall–Kier alpha value is -1.80. The molecule has 0 heterocycles. The van der Waals surface area contributed by atoms with Gasteiger partial charge in [0.05, 0.1) is 0 Å². The number of anilines is 1. The van der Waals surface area contributed by atoms with Gasteiger partial charge in [0.15, 0.2) is 0 Å². The molecular formula is C13H12N2. The lowest BCUT2D eigenvalue weighted by Crippen LogP contribution is -2.10. The molecule has 1 aliphatic carbocycles. The van der Waals surface area contributed by atoms with Crippen LogP contribution in [0.25, 0.3) is 16.8 Å². The fourth-order valence-corrected chi connectivity index (χ4v) is 2.21. The molecule has 0 aromatic heterocycles. The maximum absolute atomic E-state index is 6.03. The summed E-state index contributed by atoms with van der Waals surface area (Å²) in [5.41, 5.74) is 15.2. The quantitative estimate of drug-likeness (QED) is 0.636. The van der Waals surface area contributed by atoms with Crippen LogP contribution >= 0.6 is 0 Å². The van der Waals surface area contributed by atoms with Crippen LogP contribution in [0.2, 0.25) is 0 Å². The van der Waals surface area contributed by atoms with E-state index in [9.17, 15) is 0 Å². The van der Waals surface area contributed by atoms with Gasteiger partial charge in [0, 0.05) is 17.1 Å². The van der Waals surface area contributed by atoms with Crippen LogP contribution < -0.4 is 11.5 Å². The predicted molar refractivity (Wildman–Crippen MR) is 64.3 cm³/mol. The monoisotopic (exact) mass is 196 g/mol. The van der Waals surface area contributed by atoms with Crippen molar-refractivity contribution < 1.29 is 0 Å². The fourth-order valence-electron chi connectivity index (χ4n) is 2.21. The van der Waals surface area contributed by atoms with Crippen molar-refractivity contribution in [1.82, 2.24) is 0 Å². The molecule has 0 spiro atoms. The van der Waals surface area contributed by atoms with Gasteiger partial charge in [0.25, 0.3) is 0 Å². The van der Waals surface area contributed by atoms with Crippen molar-refractivity contribution in [3.05, 3.63) is 47.5 Å². The molecule has 2 aromatic carbocycles. The van der Waals surface area contributed by atoms with Gasteiger partial charge >= 0.3 is 0 Å². The number of nitrogens with two attached hydrogens (primary N) is 2. The Morgan fingerprint density at radius 1 is 1.07 bits per heavy atom. The normalized spacial score (nSPS) is 18.3. The molecule has 0 saturated heterocycles. The minimum Gasteiger partial charge on any atom is -0.398 e. The van der Waals surface area contributed by atoms with E-state index in [1.807, 2.05) is 30.3 Å². The van der Waals surface area contributed by atoms with Crippen molar-refractivity contribution >= 4 is 22.5 Å². The average molecular weight is 196 g/mol. The maximum atomic E-state index is 6.03. The van der Waals surface area contributed by atoms with Crippen molar-refractivity contribution in [2.45, 2.75) is 6.04 Å². The first-order valence-corrected chi connectivity index (χ1v) is 5.02. The van der Waals surface area contributed by atoms with E-state index in [0.717, 1.165) is 16.6 Å². The zero-order valence-electron chi connectivity index (χ0n) is 8.27. The highest BCUT2D eigenvalue weighted by Gasteiger charge is 2.14. The highest BCUT2D eigenvalue weighted by molar-refractivity contribution is 6.01. The van der Waals surface area contributed by atoms with Gasteiger partial charge in [0.1, 0.15) is 0 Å². The van der Waals surface area contributed by atoms with Crippen LogP contribution in [-0.4, -0.2) is 0 Å². The lowest BCUT2D eigenvalue weighted by molar-refractivity contribution is 0.922. The Morgan fingerprint density at radius 3 is 2.80 bits per heavy atom. The minimum atomic E-state index is -0.0111. The number of hydrogen-bond acceptors (Lipinski definition) is 2. The van der Waals surface area contributed by atoms with Gasteiger partial charge in [-0.3, -0.25) is 0 Å². The first-order valence-electron chi connectivity index (χ1n) is 5.02. The van der Waals surface area contributed by atoms with E-state index in [4.69, 9.17) is 11.5 Å². The van der Waals surface area contributed by atoms with Crippen LogP contribution in [0.4, 0.5) is 5.69 Å². The third kappa shape index (κ3) is 1.09. The Labute approximate surface area is 88.2 Å². The first-order chi connectivity index (χ1) is 7.27. The van der Waals surface area contributed by atoms with Crippen LogP contribution in [0, 0.1) is 0 Å². The van der Waals surface area contributed by atoms with Gasteiger partial charge in [-0.1, -0.05) is 36.4 Å². The van der Waals surface area contributed by atoms with E-state index < -0.39 is 0 Å². The van der Waals surface area contributed by atoms with E-state index in [1.54, 1.807) is 0 Å². The zero-order valence-corrected chi connectivity index (χ0v) is 8.27. The topological polar surface area (TPSA) is 52.0 Å². The molecular weight excluding hydrogens is 184 g/mol. The molecule has 0 fully saturated rings. The summed E-state index contributed by atoms with van der Waals surface area (Å²) in [7, 11) is 0. The molecule has 0 aliphatic heterocycles. The highest BCUT2D eigenvalue weighted by Crippen LogP contribution is 2.34. The van der Waals surface area contributed by atoms with Gasteiger partial charge in [-0.15, -0.1) is 0 Å². The van der Waals surface area contributed by atoms with E-state index >= 15 is 0 Å². The molecule has 0 radical (unpaired) electrons. The van der Waals surface area contributed by atoms with Gasteiger partial charge in [-0.05, 0) is 22.6 Å². The lowest BCUT2D eigenvalue weighted by atomic mass is 9.90. The third-order valence-electron chi connectivity index (χ3n) is 2.98. The number of rotatable bonds is 0. The molecule has 0 amide bonds. The smallest absolute Gasteiger partial charge is 0.0490 e. The standard InChI is InChI=1S/C13H12N2/c14-11-6-4-8-2-1-3-9-12(15)7-5-10(11)13(8)9/h1-7,11H,14-15H2. The zero-order chi connectivity index (χ0) is 10.4. The predicted octanol–water partition coefficient (Wildman–Crippen LogP) is 2.45. The Bertz CT molecular complexity index is 570. The molecule has 1 aliphatic rings. The Morgan fingerprint density at radius 2 is 1.93 bits per heavy atom. The maximum Gasteiger partial charge on any atom is 0.0490 e. The number of hydrogen-bond donors (Lipinski definition) is 2. The molecule has 15 heavy (non-hydrogen) atoms. The highest BCUT2D eigenvalue weighted by atomic mass is 14.6. The summed E-state index contributed by atoms with van der Waals surface area (Å²) >= 11 is 0. The molecule has 2 nitrogen and oxygen atoms in total. The van der Waals surface area contributed by atoms with Gasteiger partial charge in [-0.25, -0.2) is 0 Å². The van der Waals surface area contributed by atoms with Crippen LogP contribution in [0.3, 0.4) is 0 Å². The molecule has 1 unspecified atom stereocenters. The summed E-state index contributed by atoms with van der Waals surface area (Å²) in [6, 6.07) is 10.1. The van der Waals surface area contributed by atoms with Crippen molar-refractivity contribution in [3.8, 4) is 0 Å². The minimum absolute atomic E-state index is 0.0111. The van der Waals surface area contributed by atoms with Gasteiger partial charge in [-0.2, -0.15) is 0 Å². The second-order valence-corrected chi connectivity index (χ2v) is 3.90. The summed E-state index contributed by atoms with van der Waals surface area (Å²) in [6.45, 7) is 0. The summed E-state index contributed by atoms with van der Waals surface area (Å²) in [5, 5.41) is 2.30. The number of benzene rings is 2. The van der Waals surface area contributed by atoms with Gasteiger partial charge in [0.2, 0.25) is 0 Å². The SMILES string of the molecule is Nc1ccc2c3c(cccc13)C=CC2N. The molecule has 3 rings (SSSR count). The molecule has 0 saturated carbocycles. The lowest BCUT2D eigenvalue weighted by Gasteiger charge is -2.18. The fraction of sp³-hybridized carbons (Fsp3) is 0.0769. The molecule has 1 atom stereocenters. The van der Waals surface area contributed by atoms with Crippen molar-refractivity contribution in [3.63, 3.8) is 0 Å². The van der Waals surface area contributed by atoms with E-state index in [0.29, 0.717) is 0 Å². The second kappa shape index (κ2) is 2.84. The van der Waals surface area contributed by atoms with Crippen molar-refractivity contribution in [2.24, 2.45) is 5.73 Å². The van der Waals surface area contributed by atoms with Crippen LogP contribution in [0.15, 0.2) is 36.4 Å². The molecule has 2 aromatic rings. The average Bonchev–Trinajstić information content (AvgIpc) is 2.26. The summed E-state index contributed by atoms with van der Waals surface area (Å²) in [6.07, 6.45) is 4.09. The molecule has 74 valence electrons. The second-order valence-electron chi connectivity index (χ2n) is 3.90. The molecule has 2 heteroatoms. The summed E-state index contributed by atoms with van der Waals surface area (Å²) in [4.78, 5) is 0. The summed E-state index contributed by atoms with van der Waals surface area (Å²) < 4.78 is 0.